The number of nitrogens with one attached hydrogen (secondary N) is 2. The van der Waals surface area contributed by atoms with Gasteiger partial charge in [0, 0.05) is 24.0 Å². The fraction of sp³-hybridized carbons (Fsp3) is 0.154. The maximum absolute atomic E-state index is 11.5. The second-order valence-corrected chi connectivity index (χ2v) is 4.85. The van der Waals surface area contributed by atoms with E-state index in [1.807, 2.05) is 11.4 Å². The van der Waals surface area contributed by atoms with E-state index in [0.29, 0.717) is 17.8 Å². The molecule has 0 atom stereocenters. The van der Waals surface area contributed by atoms with Crippen molar-refractivity contribution >= 4 is 28.6 Å². The van der Waals surface area contributed by atoms with E-state index in [-0.39, 0.29) is 5.91 Å². The molecule has 1 heterocycles. The average molecular weight is 261 g/mol. The van der Waals surface area contributed by atoms with Crippen LogP contribution in [0.2, 0.25) is 0 Å². The number of nitrogen functional groups attached to an aromatic ring is 1. The minimum atomic E-state index is -0.117. The van der Waals surface area contributed by atoms with Crippen LogP contribution in [0.5, 0.6) is 0 Å². The van der Waals surface area contributed by atoms with Crippen molar-refractivity contribution in [3.63, 3.8) is 0 Å². The zero-order valence-corrected chi connectivity index (χ0v) is 10.9. The first-order valence-corrected chi connectivity index (χ1v) is 6.46. The van der Waals surface area contributed by atoms with Crippen molar-refractivity contribution in [1.29, 1.82) is 0 Å². The number of nitrogens with two attached hydrogens (primary N) is 1. The number of carbonyl (C=O) groups excluding carboxylic acids is 1. The molecule has 1 aromatic carbocycles. The third kappa shape index (κ3) is 2.81. The zero-order valence-electron chi connectivity index (χ0n) is 10.1. The molecule has 18 heavy (non-hydrogen) atoms. The van der Waals surface area contributed by atoms with Crippen LogP contribution >= 0.6 is 11.3 Å². The summed E-state index contributed by atoms with van der Waals surface area (Å²) in [5, 5.41) is 7.86. The van der Waals surface area contributed by atoms with Gasteiger partial charge in [-0.2, -0.15) is 0 Å². The molecular weight excluding hydrogens is 246 g/mol. The van der Waals surface area contributed by atoms with Gasteiger partial charge in [-0.3, -0.25) is 4.79 Å². The topological polar surface area (TPSA) is 67.2 Å². The van der Waals surface area contributed by atoms with Gasteiger partial charge in [0.1, 0.15) is 0 Å². The molecule has 0 unspecified atom stereocenters. The SMILES string of the molecule is CNC(=O)c1ccc(N)c(NCc2cccs2)c1. The van der Waals surface area contributed by atoms with Crippen LogP contribution in [0.25, 0.3) is 0 Å². The van der Waals surface area contributed by atoms with Gasteiger partial charge in [0.2, 0.25) is 0 Å². The fourth-order valence-electron chi connectivity index (χ4n) is 1.59. The standard InChI is InChI=1S/C13H15N3OS/c1-15-13(17)9-4-5-11(14)12(7-9)16-8-10-3-2-6-18-10/h2-7,16H,8,14H2,1H3,(H,15,17). The van der Waals surface area contributed by atoms with Gasteiger partial charge in [-0.1, -0.05) is 6.07 Å². The highest BCUT2D eigenvalue weighted by atomic mass is 32.1. The lowest BCUT2D eigenvalue weighted by Gasteiger charge is -2.10. The molecule has 0 bridgehead atoms. The quantitative estimate of drug-likeness (QED) is 0.740. The first-order valence-electron chi connectivity index (χ1n) is 5.58. The fourth-order valence-corrected chi connectivity index (χ4v) is 2.24. The molecule has 4 N–H and O–H groups in total. The predicted molar refractivity (Wildman–Crippen MR) is 75.9 cm³/mol. The smallest absolute Gasteiger partial charge is 0.251 e. The number of benzene rings is 1. The predicted octanol–water partition coefficient (Wildman–Crippen LogP) is 2.30. The summed E-state index contributed by atoms with van der Waals surface area (Å²) in [5.41, 5.74) is 7.90. The zero-order chi connectivity index (χ0) is 13.0. The summed E-state index contributed by atoms with van der Waals surface area (Å²) in [4.78, 5) is 12.8. The highest BCUT2D eigenvalue weighted by molar-refractivity contribution is 7.09. The van der Waals surface area contributed by atoms with Gasteiger partial charge in [0.05, 0.1) is 11.4 Å². The lowest BCUT2D eigenvalue weighted by Crippen LogP contribution is -2.18. The van der Waals surface area contributed by atoms with Crippen molar-refractivity contribution in [3.05, 3.63) is 46.2 Å². The second-order valence-electron chi connectivity index (χ2n) is 3.81. The summed E-state index contributed by atoms with van der Waals surface area (Å²) in [5.74, 6) is -0.117. The molecule has 5 heteroatoms. The van der Waals surface area contributed by atoms with Gasteiger partial charge in [0.15, 0.2) is 0 Å². The van der Waals surface area contributed by atoms with Crippen LogP contribution in [0.4, 0.5) is 11.4 Å². The molecule has 94 valence electrons. The van der Waals surface area contributed by atoms with Crippen LogP contribution < -0.4 is 16.4 Å². The molecule has 2 aromatic rings. The van der Waals surface area contributed by atoms with Crippen LogP contribution in [-0.2, 0) is 6.54 Å². The third-order valence-corrected chi connectivity index (χ3v) is 3.45. The monoisotopic (exact) mass is 261 g/mol. The average Bonchev–Trinajstić information content (AvgIpc) is 2.90. The van der Waals surface area contributed by atoms with Crippen molar-refractivity contribution in [2.75, 3.05) is 18.1 Å². The van der Waals surface area contributed by atoms with Gasteiger partial charge in [-0.15, -0.1) is 11.3 Å². The Morgan fingerprint density at radius 1 is 1.39 bits per heavy atom. The summed E-state index contributed by atoms with van der Waals surface area (Å²) >= 11 is 1.68. The number of hydrogen-bond acceptors (Lipinski definition) is 4. The summed E-state index contributed by atoms with van der Waals surface area (Å²) in [6, 6.07) is 9.27. The highest BCUT2D eigenvalue weighted by Gasteiger charge is 2.06. The van der Waals surface area contributed by atoms with E-state index in [0.717, 1.165) is 5.69 Å². The number of rotatable bonds is 4. The van der Waals surface area contributed by atoms with E-state index < -0.39 is 0 Å². The Hall–Kier alpha value is -2.01. The van der Waals surface area contributed by atoms with E-state index >= 15 is 0 Å². The molecule has 1 amide bonds. The maximum Gasteiger partial charge on any atom is 0.251 e. The van der Waals surface area contributed by atoms with E-state index in [1.165, 1.54) is 4.88 Å². The molecule has 0 saturated carbocycles. The van der Waals surface area contributed by atoms with Gasteiger partial charge in [-0.05, 0) is 29.6 Å². The minimum Gasteiger partial charge on any atom is -0.397 e. The maximum atomic E-state index is 11.5. The largest absolute Gasteiger partial charge is 0.397 e. The van der Waals surface area contributed by atoms with Gasteiger partial charge >= 0.3 is 0 Å². The second kappa shape index (κ2) is 5.55. The number of anilines is 2. The van der Waals surface area contributed by atoms with E-state index in [2.05, 4.69) is 16.7 Å². The van der Waals surface area contributed by atoms with E-state index in [9.17, 15) is 4.79 Å². The van der Waals surface area contributed by atoms with Crippen LogP contribution in [-0.4, -0.2) is 13.0 Å². The van der Waals surface area contributed by atoms with Gasteiger partial charge in [0.25, 0.3) is 5.91 Å². The molecule has 0 radical (unpaired) electrons. The lowest BCUT2D eigenvalue weighted by molar-refractivity contribution is 0.0963. The third-order valence-electron chi connectivity index (χ3n) is 2.58. The van der Waals surface area contributed by atoms with Crippen LogP contribution in [0.1, 0.15) is 15.2 Å². The first kappa shape index (κ1) is 12.4. The normalized spacial score (nSPS) is 10.1. The Balaban J connectivity index is 2.13. The van der Waals surface area contributed by atoms with Crippen molar-refractivity contribution in [3.8, 4) is 0 Å². The molecule has 0 fully saturated rings. The summed E-state index contributed by atoms with van der Waals surface area (Å²) in [6.07, 6.45) is 0. The number of carbonyl (C=O) groups is 1. The minimum absolute atomic E-state index is 0.117. The summed E-state index contributed by atoms with van der Waals surface area (Å²) in [6.45, 7) is 0.707. The number of amides is 1. The van der Waals surface area contributed by atoms with E-state index in [4.69, 9.17) is 5.73 Å². The molecule has 0 aliphatic heterocycles. The summed E-state index contributed by atoms with van der Waals surface area (Å²) in [7, 11) is 1.61. The van der Waals surface area contributed by atoms with Crippen molar-refractivity contribution in [2.45, 2.75) is 6.54 Å². The molecule has 4 nitrogen and oxygen atoms in total. The lowest BCUT2D eigenvalue weighted by atomic mass is 10.1. The van der Waals surface area contributed by atoms with Crippen LogP contribution in [0, 0.1) is 0 Å². The molecule has 0 spiro atoms. The molecule has 0 saturated heterocycles. The Morgan fingerprint density at radius 2 is 2.22 bits per heavy atom. The highest BCUT2D eigenvalue weighted by Crippen LogP contribution is 2.21. The van der Waals surface area contributed by atoms with Crippen molar-refractivity contribution < 1.29 is 4.79 Å². The Kier molecular flexibility index (Phi) is 3.84. The number of thiophene rings is 1. The van der Waals surface area contributed by atoms with Gasteiger partial charge < -0.3 is 16.4 Å². The molecule has 0 aliphatic carbocycles. The van der Waals surface area contributed by atoms with Crippen LogP contribution in [0.15, 0.2) is 35.7 Å². The molecule has 0 aliphatic rings. The Bertz CT molecular complexity index is 537. The summed E-state index contributed by atoms with van der Waals surface area (Å²) < 4.78 is 0. The Morgan fingerprint density at radius 3 is 2.89 bits per heavy atom. The molecular formula is C13H15N3OS. The number of hydrogen-bond donors (Lipinski definition) is 3. The molecule has 2 rings (SSSR count). The van der Waals surface area contributed by atoms with Crippen molar-refractivity contribution in [1.82, 2.24) is 5.32 Å². The molecule has 1 aromatic heterocycles. The van der Waals surface area contributed by atoms with E-state index in [1.54, 1.807) is 36.6 Å². The van der Waals surface area contributed by atoms with Crippen molar-refractivity contribution in [2.24, 2.45) is 0 Å². The van der Waals surface area contributed by atoms with Crippen LogP contribution in [0.3, 0.4) is 0 Å². The Labute approximate surface area is 110 Å². The van der Waals surface area contributed by atoms with Gasteiger partial charge in [-0.25, -0.2) is 0 Å². The first-order chi connectivity index (χ1) is 8.70.